The van der Waals surface area contributed by atoms with Gasteiger partial charge in [-0.2, -0.15) is 0 Å². The summed E-state index contributed by atoms with van der Waals surface area (Å²) in [5, 5.41) is 7.32. The van der Waals surface area contributed by atoms with Crippen molar-refractivity contribution >= 4 is 23.3 Å². The number of likely N-dealkylation sites (tertiary alicyclic amines) is 1. The van der Waals surface area contributed by atoms with Gasteiger partial charge in [-0.05, 0) is 43.2 Å². The number of thiophene rings is 1. The largest absolute Gasteiger partial charge is 0.450 e. The van der Waals surface area contributed by atoms with Crippen molar-refractivity contribution in [3.05, 3.63) is 57.8 Å². The van der Waals surface area contributed by atoms with Crippen molar-refractivity contribution in [3.8, 4) is 0 Å². The molecule has 1 atom stereocenters. The average Bonchev–Trinajstić information content (AvgIpc) is 3.29. The molecule has 0 radical (unpaired) electrons. The molecule has 3 rings (SSSR count). The van der Waals surface area contributed by atoms with Gasteiger partial charge in [-0.1, -0.05) is 37.3 Å². The molecule has 1 aromatic carbocycles. The first kappa shape index (κ1) is 22.3. The summed E-state index contributed by atoms with van der Waals surface area (Å²) in [4.78, 5) is 27.4. The normalized spacial score (nSPS) is 15.6. The number of rotatable bonds is 8. The number of benzene rings is 1. The molecule has 1 aromatic heterocycles. The van der Waals surface area contributed by atoms with Crippen LogP contribution in [0.5, 0.6) is 0 Å². The third-order valence-corrected chi connectivity index (χ3v) is 6.48. The summed E-state index contributed by atoms with van der Waals surface area (Å²) in [6, 6.07) is 13.1. The Bertz CT molecular complexity index is 800. The van der Waals surface area contributed by atoms with Gasteiger partial charge < -0.3 is 20.3 Å². The summed E-state index contributed by atoms with van der Waals surface area (Å²) in [7, 11) is 0. The molecule has 6 nitrogen and oxygen atoms in total. The van der Waals surface area contributed by atoms with E-state index < -0.39 is 0 Å². The zero-order chi connectivity index (χ0) is 21.3. The Labute approximate surface area is 182 Å². The van der Waals surface area contributed by atoms with Gasteiger partial charge in [0.1, 0.15) is 6.04 Å². The van der Waals surface area contributed by atoms with Crippen LogP contribution in [-0.4, -0.2) is 49.2 Å². The van der Waals surface area contributed by atoms with E-state index in [4.69, 9.17) is 4.74 Å². The molecule has 2 aromatic rings. The Balaban J connectivity index is 1.52. The number of carbonyl (C=O) groups is 2. The van der Waals surface area contributed by atoms with E-state index in [0.29, 0.717) is 26.2 Å². The lowest BCUT2D eigenvalue weighted by atomic mass is 10.0. The summed E-state index contributed by atoms with van der Waals surface area (Å²) >= 11 is 1.72. The molecule has 1 aliphatic rings. The average molecular weight is 431 g/mol. The van der Waals surface area contributed by atoms with Crippen molar-refractivity contribution in [3.63, 3.8) is 0 Å². The van der Waals surface area contributed by atoms with Gasteiger partial charge >= 0.3 is 6.09 Å². The van der Waals surface area contributed by atoms with Gasteiger partial charge in [0, 0.05) is 24.7 Å². The predicted molar refractivity (Wildman–Crippen MR) is 119 cm³/mol. The Morgan fingerprint density at radius 3 is 2.53 bits per heavy atom. The van der Waals surface area contributed by atoms with Gasteiger partial charge in [0.15, 0.2) is 6.54 Å². The molecule has 30 heavy (non-hydrogen) atoms. The highest BCUT2D eigenvalue weighted by atomic mass is 32.1. The standard InChI is InChI=1S/C23H31N3O3S/c1-3-17-7-9-18(10-8-17)22(20-6-5-15-30-20)24-16-21(27)25-19-11-13-26(14-12-19)23(28)29-4-2/h5-10,15,19,22,24H,3-4,11-14,16H2,1-2H3,(H,25,27)/p+1/t22-/m1/s1. The lowest BCUT2D eigenvalue weighted by Crippen LogP contribution is -2.87. The molecule has 1 aliphatic heterocycles. The summed E-state index contributed by atoms with van der Waals surface area (Å²) in [6.45, 7) is 5.96. The molecular formula is C23H32N3O3S+. The van der Waals surface area contributed by atoms with E-state index in [1.165, 1.54) is 16.0 Å². The van der Waals surface area contributed by atoms with Crippen molar-refractivity contribution in [2.45, 2.75) is 45.2 Å². The van der Waals surface area contributed by atoms with Gasteiger partial charge in [-0.15, -0.1) is 11.3 Å². The van der Waals surface area contributed by atoms with Gasteiger partial charge in [-0.25, -0.2) is 4.79 Å². The van der Waals surface area contributed by atoms with E-state index in [1.807, 2.05) is 6.92 Å². The minimum absolute atomic E-state index is 0.0383. The number of piperidine rings is 1. The van der Waals surface area contributed by atoms with E-state index in [9.17, 15) is 9.59 Å². The van der Waals surface area contributed by atoms with Crippen molar-refractivity contribution in [1.29, 1.82) is 0 Å². The monoisotopic (exact) mass is 430 g/mol. The number of nitrogens with zero attached hydrogens (tertiary/aromatic N) is 1. The zero-order valence-corrected chi connectivity index (χ0v) is 18.6. The van der Waals surface area contributed by atoms with E-state index in [2.05, 4.69) is 59.3 Å². The number of hydrogen-bond donors (Lipinski definition) is 2. The first-order valence-corrected chi connectivity index (χ1v) is 11.6. The van der Waals surface area contributed by atoms with Crippen LogP contribution in [0.1, 0.15) is 48.7 Å². The maximum atomic E-state index is 12.6. The minimum atomic E-state index is -0.261. The highest BCUT2D eigenvalue weighted by molar-refractivity contribution is 7.10. The van der Waals surface area contributed by atoms with E-state index in [0.717, 1.165) is 19.3 Å². The van der Waals surface area contributed by atoms with Crippen LogP contribution in [-0.2, 0) is 16.0 Å². The quantitative estimate of drug-likeness (QED) is 0.676. The Morgan fingerprint density at radius 1 is 1.20 bits per heavy atom. The molecule has 3 N–H and O–H groups in total. The second kappa shape index (κ2) is 11.1. The van der Waals surface area contributed by atoms with Gasteiger partial charge in [0.2, 0.25) is 0 Å². The second-order valence-corrected chi connectivity index (χ2v) is 8.54. The molecule has 0 aliphatic carbocycles. The smallest absolute Gasteiger partial charge is 0.409 e. The highest BCUT2D eigenvalue weighted by Crippen LogP contribution is 2.23. The van der Waals surface area contributed by atoms with Crippen LogP contribution in [0.4, 0.5) is 4.79 Å². The van der Waals surface area contributed by atoms with E-state index in [-0.39, 0.29) is 24.1 Å². The molecule has 0 spiro atoms. The molecule has 2 heterocycles. The molecule has 1 saturated heterocycles. The number of quaternary nitrogens is 1. The first-order valence-electron chi connectivity index (χ1n) is 10.8. The van der Waals surface area contributed by atoms with Crippen molar-refractivity contribution < 1.29 is 19.6 Å². The lowest BCUT2D eigenvalue weighted by molar-refractivity contribution is -0.676. The predicted octanol–water partition coefficient (Wildman–Crippen LogP) is 2.70. The number of carbonyl (C=O) groups excluding carboxylic acids is 2. The van der Waals surface area contributed by atoms with Crippen LogP contribution < -0.4 is 10.6 Å². The molecule has 0 saturated carbocycles. The molecule has 2 amide bonds. The Hall–Kier alpha value is -2.38. The van der Waals surface area contributed by atoms with Crippen LogP contribution >= 0.6 is 11.3 Å². The second-order valence-electron chi connectivity index (χ2n) is 7.56. The fourth-order valence-corrected chi connectivity index (χ4v) is 4.63. The molecule has 0 unspecified atom stereocenters. The van der Waals surface area contributed by atoms with Crippen LogP contribution in [0.15, 0.2) is 41.8 Å². The topological polar surface area (TPSA) is 75.2 Å². The number of hydrogen-bond acceptors (Lipinski definition) is 4. The van der Waals surface area contributed by atoms with Crippen molar-refractivity contribution in [2.24, 2.45) is 0 Å². The van der Waals surface area contributed by atoms with Gasteiger partial charge in [-0.3, -0.25) is 4.79 Å². The van der Waals surface area contributed by atoms with Crippen LogP contribution in [0.25, 0.3) is 0 Å². The SMILES string of the molecule is CCOC(=O)N1CCC(NC(=O)C[NH2+][C@H](c2ccc(CC)cc2)c2cccs2)CC1. The number of ether oxygens (including phenoxy) is 1. The number of amides is 2. The maximum absolute atomic E-state index is 12.6. The molecule has 162 valence electrons. The minimum Gasteiger partial charge on any atom is -0.450 e. The molecular weight excluding hydrogens is 398 g/mol. The maximum Gasteiger partial charge on any atom is 0.409 e. The summed E-state index contributed by atoms with van der Waals surface area (Å²) in [6.07, 6.45) is 2.28. The third-order valence-electron chi connectivity index (χ3n) is 5.52. The number of nitrogens with two attached hydrogens (primary N) is 1. The number of nitrogens with one attached hydrogen (secondary N) is 1. The zero-order valence-electron chi connectivity index (χ0n) is 17.8. The van der Waals surface area contributed by atoms with Crippen LogP contribution in [0.2, 0.25) is 0 Å². The fraction of sp³-hybridized carbons (Fsp3) is 0.478. The summed E-state index contributed by atoms with van der Waals surface area (Å²) < 4.78 is 5.05. The number of aryl methyl sites for hydroxylation is 1. The van der Waals surface area contributed by atoms with Crippen LogP contribution in [0, 0.1) is 0 Å². The third kappa shape index (κ3) is 6.06. The lowest BCUT2D eigenvalue weighted by Gasteiger charge is -2.31. The highest BCUT2D eigenvalue weighted by Gasteiger charge is 2.26. The summed E-state index contributed by atoms with van der Waals surface area (Å²) in [5.41, 5.74) is 2.53. The first-order chi connectivity index (χ1) is 14.6. The van der Waals surface area contributed by atoms with Crippen molar-refractivity contribution in [1.82, 2.24) is 10.2 Å². The molecule has 0 bridgehead atoms. The van der Waals surface area contributed by atoms with E-state index in [1.54, 1.807) is 16.2 Å². The van der Waals surface area contributed by atoms with Crippen molar-refractivity contribution in [2.75, 3.05) is 26.2 Å². The molecule has 7 heteroatoms. The summed E-state index contributed by atoms with van der Waals surface area (Å²) in [5.74, 6) is 0.0383. The molecule has 1 fully saturated rings. The van der Waals surface area contributed by atoms with E-state index >= 15 is 0 Å². The Kier molecular flexibility index (Phi) is 8.28. The van der Waals surface area contributed by atoms with Gasteiger partial charge in [0.05, 0.1) is 11.5 Å². The Morgan fingerprint density at radius 2 is 1.93 bits per heavy atom. The van der Waals surface area contributed by atoms with Crippen LogP contribution in [0.3, 0.4) is 0 Å². The fourth-order valence-electron chi connectivity index (χ4n) is 3.78. The van der Waals surface area contributed by atoms with Gasteiger partial charge in [0.25, 0.3) is 5.91 Å².